The van der Waals surface area contributed by atoms with Crippen LogP contribution in [-0.2, 0) is 14.3 Å². The summed E-state index contributed by atoms with van der Waals surface area (Å²) >= 11 is 0. The van der Waals surface area contributed by atoms with Crippen LogP contribution < -0.4 is 5.32 Å². The van der Waals surface area contributed by atoms with Gasteiger partial charge in [-0.05, 0) is 30.5 Å². The van der Waals surface area contributed by atoms with Crippen LogP contribution in [0.2, 0.25) is 0 Å². The quantitative estimate of drug-likeness (QED) is 0.648. The number of nitrogens with one attached hydrogen (secondary N) is 1. The van der Waals surface area contributed by atoms with Crippen molar-refractivity contribution in [2.45, 2.75) is 19.3 Å². The monoisotopic (exact) mass is 263 g/mol. The highest BCUT2D eigenvalue weighted by Crippen LogP contribution is 2.47. The van der Waals surface area contributed by atoms with E-state index in [0.29, 0.717) is 17.6 Å². The van der Waals surface area contributed by atoms with Gasteiger partial charge in [0.15, 0.2) is 0 Å². The Morgan fingerprint density at radius 2 is 2.26 bits per heavy atom. The minimum atomic E-state index is -0.482. The van der Waals surface area contributed by atoms with Crippen LogP contribution in [0.5, 0.6) is 0 Å². The Labute approximate surface area is 111 Å². The molecule has 1 fully saturated rings. The van der Waals surface area contributed by atoms with E-state index in [1.165, 1.54) is 13.2 Å². The molecule has 1 heterocycles. The molecule has 19 heavy (non-hydrogen) atoms. The number of carbonyl (C=O) groups is 2. The summed E-state index contributed by atoms with van der Waals surface area (Å²) in [7, 11) is 1.27. The molecule has 0 aromatic carbocycles. The third-order valence-electron chi connectivity index (χ3n) is 3.16. The molecular formula is C14H17NO4. The van der Waals surface area contributed by atoms with Crippen molar-refractivity contribution in [2.24, 2.45) is 5.92 Å². The van der Waals surface area contributed by atoms with Crippen LogP contribution >= 0.6 is 0 Å². The average molecular weight is 263 g/mol. The van der Waals surface area contributed by atoms with Gasteiger partial charge in [0.25, 0.3) is 0 Å². The second-order valence-electron chi connectivity index (χ2n) is 4.69. The molecule has 2 atom stereocenters. The lowest BCUT2D eigenvalue weighted by Crippen LogP contribution is -2.28. The van der Waals surface area contributed by atoms with Crippen molar-refractivity contribution in [1.82, 2.24) is 5.32 Å². The van der Waals surface area contributed by atoms with E-state index in [1.54, 1.807) is 6.08 Å². The Morgan fingerprint density at radius 1 is 1.53 bits per heavy atom. The molecule has 1 aromatic rings. The lowest BCUT2D eigenvalue weighted by molar-refractivity contribution is -0.140. The number of carbonyl (C=O) groups excluding carboxylic acids is 2. The van der Waals surface area contributed by atoms with Gasteiger partial charge in [0.05, 0.1) is 7.11 Å². The second-order valence-corrected chi connectivity index (χ2v) is 4.69. The lowest BCUT2D eigenvalue weighted by atomic mass is 10.3. The fourth-order valence-electron chi connectivity index (χ4n) is 1.82. The highest BCUT2D eigenvalue weighted by molar-refractivity contribution is 5.93. The molecular weight excluding hydrogens is 246 g/mol. The number of hydrogen-bond acceptors (Lipinski definition) is 4. The first kappa shape index (κ1) is 13.4. The Hall–Kier alpha value is -2.04. The molecule has 0 unspecified atom stereocenters. The van der Waals surface area contributed by atoms with E-state index in [9.17, 15) is 9.59 Å². The fourth-order valence-corrected chi connectivity index (χ4v) is 1.82. The first-order valence-electron chi connectivity index (χ1n) is 6.22. The SMILES string of the molecule is COC(=O)CNC(=O)/C=C/c1ccc([C@@H]2C[C@H]2C)o1. The largest absolute Gasteiger partial charge is 0.468 e. The first-order valence-corrected chi connectivity index (χ1v) is 6.22. The van der Waals surface area contributed by atoms with Gasteiger partial charge in [0, 0.05) is 12.0 Å². The van der Waals surface area contributed by atoms with Crippen molar-refractivity contribution >= 4 is 18.0 Å². The molecule has 2 rings (SSSR count). The van der Waals surface area contributed by atoms with Crippen LogP contribution in [0.25, 0.3) is 6.08 Å². The fraction of sp³-hybridized carbons (Fsp3) is 0.429. The summed E-state index contributed by atoms with van der Waals surface area (Å²) in [5.74, 6) is 1.99. The summed E-state index contributed by atoms with van der Waals surface area (Å²) in [5.41, 5.74) is 0. The molecule has 1 N–H and O–H groups in total. The Bertz CT molecular complexity index is 503. The molecule has 1 aliphatic carbocycles. The molecule has 0 radical (unpaired) electrons. The Balaban J connectivity index is 1.82. The van der Waals surface area contributed by atoms with Crippen molar-refractivity contribution in [3.05, 3.63) is 29.7 Å². The van der Waals surface area contributed by atoms with Crippen molar-refractivity contribution in [3.63, 3.8) is 0 Å². The predicted octanol–water partition coefficient (Wildman–Crippen LogP) is 1.71. The summed E-state index contributed by atoms with van der Waals surface area (Å²) < 4.78 is 10.0. The third-order valence-corrected chi connectivity index (χ3v) is 3.16. The smallest absolute Gasteiger partial charge is 0.325 e. The van der Waals surface area contributed by atoms with Gasteiger partial charge in [0.1, 0.15) is 18.1 Å². The molecule has 102 valence electrons. The van der Waals surface area contributed by atoms with E-state index in [-0.39, 0.29) is 12.5 Å². The number of furan rings is 1. The molecule has 5 heteroatoms. The maximum Gasteiger partial charge on any atom is 0.325 e. The maximum atomic E-state index is 11.4. The van der Waals surface area contributed by atoms with E-state index < -0.39 is 5.97 Å². The summed E-state index contributed by atoms with van der Waals surface area (Å²) in [4.78, 5) is 22.2. The number of ether oxygens (including phenoxy) is 1. The predicted molar refractivity (Wildman–Crippen MR) is 69.3 cm³/mol. The normalized spacial score (nSPS) is 21.4. The molecule has 1 aliphatic rings. The van der Waals surface area contributed by atoms with E-state index in [1.807, 2.05) is 12.1 Å². The molecule has 0 bridgehead atoms. The van der Waals surface area contributed by atoms with Gasteiger partial charge in [-0.1, -0.05) is 6.92 Å². The van der Waals surface area contributed by atoms with Crippen LogP contribution in [0.15, 0.2) is 22.6 Å². The average Bonchev–Trinajstić information content (AvgIpc) is 2.95. The number of amides is 1. The number of methoxy groups -OCH3 is 1. The van der Waals surface area contributed by atoms with Crippen LogP contribution in [0.3, 0.4) is 0 Å². The molecule has 1 aromatic heterocycles. The number of rotatable bonds is 5. The van der Waals surface area contributed by atoms with E-state index in [2.05, 4.69) is 17.0 Å². The lowest BCUT2D eigenvalue weighted by Gasteiger charge is -1.99. The van der Waals surface area contributed by atoms with Crippen LogP contribution in [0.1, 0.15) is 30.8 Å². The zero-order valence-corrected chi connectivity index (χ0v) is 11.0. The third kappa shape index (κ3) is 3.71. The standard InChI is InChI=1S/C14H17NO4/c1-9-7-11(9)12-5-3-10(19-12)4-6-13(16)15-8-14(17)18-2/h3-6,9,11H,7-8H2,1-2H3,(H,15,16)/b6-4+/t9-,11-/m1/s1. The van der Waals surface area contributed by atoms with Crippen LogP contribution in [0, 0.1) is 5.92 Å². The minimum absolute atomic E-state index is 0.136. The first-order chi connectivity index (χ1) is 9.10. The zero-order chi connectivity index (χ0) is 13.8. The number of hydrogen-bond donors (Lipinski definition) is 1. The van der Waals surface area contributed by atoms with Crippen LogP contribution in [-0.4, -0.2) is 25.5 Å². The Kier molecular flexibility index (Phi) is 4.04. The maximum absolute atomic E-state index is 11.4. The highest BCUT2D eigenvalue weighted by Gasteiger charge is 2.36. The van der Waals surface area contributed by atoms with Crippen molar-refractivity contribution in [3.8, 4) is 0 Å². The van der Waals surface area contributed by atoms with Crippen molar-refractivity contribution in [1.29, 1.82) is 0 Å². The van der Waals surface area contributed by atoms with E-state index in [4.69, 9.17) is 4.42 Å². The molecule has 0 saturated heterocycles. The second kappa shape index (κ2) is 5.73. The van der Waals surface area contributed by atoms with Gasteiger partial charge in [-0.25, -0.2) is 0 Å². The van der Waals surface area contributed by atoms with Gasteiger partial charge in [-0.15, -0.1) is 0 Å². The topological polar surface area (TPSA) is 68.5 Å². The van der Waals surface area contributed by atoms with Gasteiger partial charge in [0.2, 0.25) is 5.91 Å². The molecule has 0 spiro atoms. The Morgan fingerprint density at radius 3 is 2.89 bits per heavy atom. The van der Waals surface area contributed by atoms with E-state index >= 15 is 0 Å². The van der Waals surface area contributed by atoms with Gasteiger partial charge in [-0.3, -0.25) is 9.59 Å². The summed E-state index contributed by atoms with van der Waals surface area (Å²) in [6.45, 7) is 2.05. The molecule has 5 nitrogen and oxygen atoms in total. The molecule has 1 saturated carbocycles. The summed E-state index contributed by atoms with van der Waals surface area (Å²) in [6.07, 6.45) is 4.08. The van der Waals surface area contributed by atoms with E-state index in [0.717, 1.165) is 12.2 Å². The van der Waals surface area contributed by atoms with Gasteiger partial charge in [-0.2, -0.15) is 0 Å². The zero-order valence-electron chi connectivity index (χ0n) is 11.0. The minimum Gasteiger partial charge on any atom is -0.468 e. The number of esters is 1. The van der Waals surface area contributed by atoms with Crippen LogP contribution in [0.4, 0.5) is 0 Å². The molecule has 0 aliphatic heterocycles. The molecule has 1 amide bonds. The van der Waals surface area contributed by atoms with Gasteiger partial charge < -0.3 is 14.5 Å². The summed E-state index contributed by atoms with van der Waals surface area (Å²) in [5, 5.41) is 2.41. The highest BCUT2D eigenvalue weighted by atomic mass is 16.5. The van der Waals surface area contributed by atoms with Gasteiger partial charge >= 0.3 is 5.97 Å². The van der Waals surface area contributed by atoms with Crippen molar-refractivity contribution < 1.29 is 18.7 Å². The summed E-state index contributed by atoms with van der Waals surface area (Å²) in [6, 6.07) is 3.78. The van der Waals surface area contributed by atoms with Crippen molar-refractivity contribution in [2.75, 3.05) is 13.7 Å².